The number of amides is 1. The normalized spacial score (nSPS) is 9.50. The molecule has 0 aromatic carbocycles. The lowest BCUT2D eigenvalue weighted by atomic mass is 10.3. The Morgan fingerprint density at radius 1 is 1.58 bits per heavy atom. The van der Waals surface area contributed by atoms with Crippen molar-refractivity contribution in [2.75, 3.05) is 27.3 Å². The summed E-state index contributed by atoms with van der Waals surface area (Å²) in [4.78, 5) is 12.5. The number of likely N-dealkylation sites (N-methyl/N-ethyl adjacent to an activating group) is 1. The van der Waals surface area contributed by atoms with Gasteiger partial charge in [-0.3, -0.25) is 4.79 Å². The van der Waals surface area contributed by atoms with Crippen LogP contribution in [0.5, 0.6) is 0 Å². The Morgan fingerprint density at radius 3 is 2.75 bits per heavy atom. The molecule has 0 fully saturated rings. The summed E-state index contributed by atoms with van der Waals surface area (Å²) in [7, 11) is 3.44. The summed E-state index contributed by atoms with van der Waals surface area (Å²) in [6.07, 6.45) is 3.72. The topological polar surface area (TPSA) is 29.5 Å². The van der Waals surface area contributed by atoms with Crippen LogP contribution in [-0.4, -0.2) is 38.1 Å². The Morgan fingerprint density at radius 2 is 2.25 bits per heavy atom. The lowest BCUT2D eigenvalue weighted by molar-refractivity contribution is -0.133. The summed E-state index contributed by atoms with van der Waals surface area (Å²) in [5, 5.41) is 0. The third-order valence-corrected chi connectivity index (χ3v) is 1.42. The molecule has 3 nitrogen and oxygen atoms in total. The Labute approximate surface area is 74.0 Å². The molecule has 12 heavy (non-hydrogen) atoms. The van der Waals surface area contributed by atoms with Crippen LogP contribution in [0.15, 0.2) is 12.7 Å². The maximum absolute atomic E-state index is 11.0. The quantitative estimate of drug-likeness (QED) is 0.441. The number of allylic oxidation sites excluding steroid dienone is 1. The highest BCUT2D eigenvalue weighted by Crippen LogP contribution is 1.90. The summed E-state index contributed by atoms with van der Waals surface area (Å²) in [6, 6.07) is 0. The van der Waals surface area contributed by atoms with Crippen molar-refractivity contribution in [1.82, 2.24) is 4.90 Å². The van der Waals surface area contributed by atoms with Gasteiger partial charge < -0.3 is 9.64 Å². The van der Waals surface area contributed by atoms with E-state index in [1.54, 1.807) is 14.1 Å². The average Bonchev–Trinajstić information content (AvgIpc) is 2.03. The molecule has 0 aromatic heterocycles. The highest BCUT2D eigenvalue weighted by Gasteiger charge is 2.01. The van der Waals surface area contributed by atoms with Crippen LogP contribution in [0.1, 0.15) is 12.8 Å². The van der Waals surface area contributed by atoms with Gasteiger partial charge in [0.05, 0.1) is 0 Å². The van der Waals surface area contributed by atoms with Gasteiger partial charge in [0.2, 0.25) is 5.91 Å². The minimum absolute atomic E-state index is 0.00797. The van der Waals surface area contributed by atoms with E-state index in [1.165, 1.54) is 4.90 Å². The summed E-state index contributed by atoms with van der Waals surface area (Å²) in [5.74, 6) is 0.00797. The molecule has 0 N–H and O–H groups in total. The largest absolute Gasteiger partial charge is 0.372 e. The van der Waals surface area contributed by atoms with Crippen LogP contribution in [-0.2, 0) is 9.53 Å². The molecule has 0 heterocycles. The zero-order valence-corrected chi connectivity index (χ0v) is 7.88. The number of carbonyl (C=O) groups excluding carboxylic acids is 1. The summed E-state index contributed by atoms with van der Waals surface area (Å²) in [6.45, 7) is 4.41. The van der Waals surface area contributed by atoms with Crippen molar-refractivity contribution in [2.24, 2.45) is 0 Å². The fourth-order valence-electron chi connectivity index (χ4n) is 0.618. The second kappa shape index (κ2) is 6.85. The summed E-state index contributed by atoms with van der Waals surface area (Å²) >= 11 is 0. The van der Waals surface area contributed by atoms with Gasteiger partial charge in [0.25, 0.3) is 0 Å². The van der Waals surface area contributed by atoms with Crippen LogP contribution in [0, 0.1) is 0 Å². The lowest BCUT2D eigenvalue weighted by Crippen LogP contribution is -2.26. The molecule has 3 heteroatoms. The number of ether oxygens (including phenoxy) is 1. The molecule has 0 aliphatic heterocycles. The Kier molecular flexibility index (Phi) is 6.38. The number of nitrogens with zero attached hydrogens (tertiary/aromatic N) is 1. The summed E-state index contributed by atoms with van der Waals surface area (Å²) < 4.78 is 5.12. The van der Waals surface area contributed by atoms with E-state index in [4.69, 9.17) is 4.74 Å². The van der Waals surface area contributed by atoms with E-state index in [0.717, 1.165) is 12.8 Å². The molecule has 0 saturated carbocycles. The third-order valence-electron chi connectivity index (χ3n) is 1.42. The fraction of sp³-hybridized carbons (Fsp3) is 0.667. The molecule has 0 atom stereocenters. The molecule has 1 amide bonds. The molecule has 70 valence electrons. The smallest absolute Gasteiger partial charge is 0.248 e. The SMILES string of the molecule is C=CCCCOCC(=O)N(C)C. The van der Waals surface area contributed by atoms with E-state index in [2.05, 4.69) is 6.58 Å². The third kappa shape index (κ3) is 5.92. The van der Waals surface area contributed by atoms with Gasteiger partial charge in [-0.15, -0.1) is 6.58 Å². The first kappa shape index (κ1) is 11.2. The molecule has 0 unspecified atom stereocenters. The van der Waals surface area contributed by atoms with Gasteiger partial charge in [-0.25, -0.2) is 0 Å². The number of unbranched alkanes of at least 4 members (excludes halogenated alkanes) is 1. The van der Waals surface area contributed by atoms with Crippen molar-refractivity contribution in [1.29, 1.82) is 0 Å². The first-order chi connectivity index (χ1) is 5.68. The Hall–Kier alpha value is -0.830. The van der Waals surface area contributed by atoms with E-state index in [-0.39, 0.29) is 12.5 Å². The average molecular weight is 171 g/mol. The fourth-order valence-corrected chi connectivity index (χ4v) is 0.618. The highest BCUT2D eigenvalue weighted by molar-refractivity contribution is 5.76. The van der Waals surface area contributed by atoms with Crippen molar-refractivity contribution in [2.45, 2.75) is 12.8 Å². The molecule has 0 aromatic rings. The van der Waals surface area contributed by atoms with Crippen LogP contribution in [0.2, 0.25) is 0 Å². The maximum atomic E-state index is 11.0. The maximum Gasteiger partial charge on any atom is 0.248 e. The molecule has 0 radical (unpaired) electrons. The minimum Gasteiger partial charge on any atom is -0.372 e. The predicted molar refractivity (Wildman–Crippen MR) is 48.9 cm³/mol. The molecule has 0 saturated heterocycles. The second-order valence-corrected chi connectivity index (χ2v) is 2.77. The van der Waals surface area contributed by atoms with Gasteiger partial charge in [-0.05, 0) is 12.8 Å². The van der Waals surface area contributed by atoms with Crippen molar-refractivity contribution < 1.29 is 9.53 Å². The lowest BCUT2D eigenvalue weighted by Gasteiger charge is -2.09. The van der Waals surface area contributed by atoms with E-state index in [9.17, 15) is 4.79 Å². The number of hydrogen-bond acceptors (Lipinski definition) is 2. The predicted octanol–water partition coefficient (Wildman–Crippen LogP) is 1.06. The zero-order chi connectivity index (χ0) is 9.40. The van der Waals surface area contributed by atoms with E-state index >= 15 is 0 Å². The monoisotopic (exact) mass is 171 g/mol. The Bertz CT molecular complexity index is 143. The van der Waals surface area contributed by atoms with Crippen molar-refractivity contribution in [3.63, 3.8) is 0 Å². The first-order valence-corrected chi connectivity index (χ1v) is 4.07. The van der Waals surface area contributed by atoms with E-state index < -0.39 is 0 Å². The van der Waals surface area contributed by atoms with Gasteiger partial charge in [-0.2, -0.15) is 0 Å². The highest BCUT2D eigenvalue weighted by atomic mass is 16.5. The Balaban J connectivity index is 3.19. The van der Waals surface area contributed by atoms with Gasteiger partial charge >= 0.3 is 0 Å². The number of rotatable bonds is 6. The van der Waals surface area contributed by atoms with Crippen molar-refractivity contribution in [3.8, 4) is 0 Å². The van der Waals surface area contributed by atoms with Gasteiger partial charge in [-0.1, -0.05) is 6.08 Å². The zero-order valence-electron chi connectivity index (χ0n) is 7.88. The number of carbonyl (C=O) groups is 1. The van der Waals surface area contributed by atoms with Gasteiger partial charge in [0.15, 0.2) is 0 Å². The molecule has 0 aliphatic carbocycles. The number of hydrogen-bond donors (Lipinski definition) is 0. The van der Waals surface area contributed by atoms with Crippen LogP contribution < -0.4 is 0 Å². The second-order valence-electron chi connectivity index (χ2n) is 2.77. The first-order valence-electron chi connectivity index (χ1n) is 4.07. The summed E-state index contributed by atoms with van der Waals surface area (Å²) in [5.41, 5.74) is 0. The van der Waals surface area contributed by atoms with Crippen LogP contribution in [0.4, 0.5) is 0 Å². The van der Waals surface area contributed by atoms with Crippen LogP contribution >= 0.6 is 0 Å². The van der Waals surface area contributed by atoms with E-state index in [1.807, 2.05) is 6.08 Å². The van der Waals surface area contributed by atoms with Crippen molar-refractivity contribution in [3.05, 3.63) is 12.7 Å². The van der Waals surface area contributed by atoms with Gasteiger partial charge in [0.1, 0.15) is 6.61 Å². The molecule has 0 rings (SSSR count). The van der Waals surface area contributed by atoms with Crippen LogP contribution in [0.25, 0.3) is 0 Å². The van der Waals surface area contributed by atoms with Crippen LogP contribution in [0.3, 0.4) is 0 Å². The standard InChI is InChI=1S/C9H17NO2/c1-4-5-6-7-12-8-9(11)10(2)3/h4H,1,5-8H2,2-3H3. The molecule has 0 spiro atoms. The minimum atomic E-state index is 0.00797. The van der Waals surface area contributed by atoms with Gasteiger partial charge in [0, 0.05) is 20.7 Å². The molecular formula is C9H17NO2. The molecular weight excluding hydrogens is 154 g/mol. The molecule has 0 bridgehead atoms. The molecule has 0 aliphatic rings. The van der Waals surface area contributed by atoms with E-state index in [0.29, 0.717) is 6.61 Å². The van der Waals surface area contributed by atoms with Crippen molar-refractivity contribution >= 4 is 5.91 Å².